The Balaban J connectivity index is 1.83. The number of rotatable bonds is 2. The molecular formula is C20H19N5OS. The van der Waals surface area contributed by atoms with Crippen LogP contribution >= 0.6 is 11.8 Å². The molecule has 0 saturated heterocycles. The summed E-state index contributed by atoms with van der Waals surface area (Å²) < 4.78 is 2.20. The third kappa shape index (κ3) is 2.75. The van der Waals surface area contributed by atoms with E-state index in [1.54, 1.807) is 11.6 Å². The maximum absolute atomic E-state index is 12.4. The highest BCUT2D eigenvalue weighted by atomic mass is 32.2. The number of aryl methyl sites for hydroxylation is 3. The number of benzene rings is 1. The molecule has 6 nitrogen and oxygen atoms in total. The summed E-state index contributed by atoms with van der Waals surface area (Å²) in [6.45, 7) is 8.27. The predicted molar refractivity (Wildman–Crippen MR) is 111 cm³/mol. The SMILES string of the molecule is Cc1cccc(C)c1-n1c(C)cc(C=C2C(=N)N3N=CSC3=NC2=O)c1C. The van der Waals surface area contributed by atoms with E-state index >= 15 is 0 Å². The zero-order valence-corrected chi connectivity index (χ0v) is 16.4. The lowest BCUT2D eigenvalue weighted by Gasteiger charge is -2.20. The summed E-state index contributed by atoms with van der Waals surface area (Å²) >= 11 is 1.24. The second kappa shape index (κ2) is 6.35. The number of carbonyl (C=O) groups excluding carboxylic acids is 1. The Morgan fingerprint density at radius 2 is 1.85 bits per heavy atom. The van der Waals surface area contributed by atoms with Gasteiger partial charge in [-0.2, -0.15) is 15.1 Å². The van der Waals surface area contributed by atoms with E-state index in [4.69, 9.17) is 5.41 Å². The van der Waals surface area contributed by atoms with Gasteiger partial charge in [-0.1, -0.05) is 18.2 Å². The first-order chi connectivity index (χ1) is 12.9. The van der Waals surface area contributed by atoms with Gasteiger partial charge in [0, 0.05) is 11.4 Å². The summed E-state index contributed by atoms with van der Waals surface area (Å²) in [5.41, 5.74) is 8.36. The Morgan fingerprint density at radius 3 is 2.56 bits per heavy atom. The van der Waals surface area contributed by atoms with E-state index in [-0.39, 0.29) is 11.4 Å². The quantitative estimate of drug-likeness (QED) is 0.805. The number of amides is 1. The molecule has 4 rings (SSSR count). The molecule has 0 bridgehead atoms. The number of thioether (sulfide) groups is 1. The average Bonchev–Trinajstić information content (AvgIpc) is 3.18. The average molecular weight is 377 g/mol. The number of hydrazone groups is 1. The zero-order chi connectivity index (χ0) is 19.3. The third-order valence-corrected chi connectivity index (χ3v) is 5.50. The number of nitrogens with zero attached hydrogens (tertiary/aromatic N) is 4. The van der Waals surface area contributed by atoms with Crippen molar-refractivity contribution in [2.45, 2.75) is 27.7 Å². The summed E-state index contributed by atoms with van der Waals surface area (Å²) in [7, 11) is 0. The van der Waals surface area contributed by atoms with Gasteiger partial charge in [0.25, 0.3) is 5.91 Å². The van der Waals surface area contributed by atoms with Gasteiger partial charge in [0.05, 0.1) is 16.8 Å². The molecule has 2 aromatic rings. The number of para-hydroxylation sites is 1. The number of fused-ring (bicyclic) bond motifs is 1. The van der Waals surface area contributed by atoms with E-state index in [2.05, 4.69) is 46.7 Å². The monoisotopic (exact) mass is 377 g/mol. The first kappa shape index (κ1) is 17.5. The normalized spacial score (nSPS) is 17.7. The van der Waals surface area contributed by atoms with Crippen LogP contribution in [0.2, 0.25) is 0 Å². The Labute approximate surface area is 161 Å². The van der Waals surface area contributed by atoms with Crippen LogP contribution in [-0.2, 0) is 4.79 Å². The lowest BCUT2D eigenvalue weighted by molar-refractivity contribution is -0.114. The van der Waals surface area contributed by atoms with Crippen LogP contribution in [0.1, 0.15) is 28.1 Å². The molecule has 0 aliphatic carbocycles. The molecule has 1 aromatic heterocycles. The lowest BCUT2D eigenvalue weighted by Crippen LogP contribution is -2.35. The van der Waals surface area contributed by atoms with Crippen LogP contribution in [0, 0.1) is 33.1 Å². The highest BCUT2D eigenvalue weighted by molar-refractivity contribution is 8.25. The zero-order valence-electron chi connectivity index (χ0n) is 15.6. The molecule has 3 heterocycles. The van der Waals surface area contributed by atoms with Crippen molar-refractivity contribution < 1.29 is 4.79 Å². The molecule has 1 N–H and O–H groups in total. The summed E-state index contributed by atoms with van der Waals surface area (Å²) in [6, 6.07) is 8.28. The van der Waals surface area contributed by atoms with Crippen LogP contribution < -0.4 is 0 Å². The maximum Gasteiger partial charge on any atom is 0.283 e. The number of aliphatic imine (C=N–C) groups is 1. The van der Waals surface area contributed by atoms with Crippen molar-refractivity contribution in [1.29, 1.82) is 5.41 Å². The first-order valence-electron chi connectivity index (χ1n) is 8.57. The minimum Gasteiger partial charge on any atom is -0.317 e. The van der Waals surface area contributed by atoms with Crippen LogP contribution in [0.15, 0.2) is 39.9 Å². The minimum atomic E-state index is -0.402. The van der Waals surface area contributed by atoms with Crippen LogP contribution in [-0.4, -0.2) is 32.0 Å². The van der Waals surface area contributed by atoms with Crippen molar-refractivity contribution in [3.8, 4) is 5.69 Å². The van der Waals surface area contributed by atoms with Crippen LogP contribution in [0.25, 0.3) is 11.8 Å². The minimum absolute atomic E-state index is 0.0584. The van der Waals surface area contributed by atoms with Crippen LogP contribution in [0.4, 0.5) is 0 Å². The lowest BCUT2D eigenvalue weighted by atomic mass is 10.1. The van der Waals surface area contributed by atoms with Crippen molar-refractivity contribution in [3.63, 3.8) is 0 Å². The van der Waals surface area contributed by atoms with E-state index in [0.29, 0.717) is 5.17 Å². The van der Waals surface area contributed by atoms with Crippen molar-refractivity contribution in [2.24, 2.45) is 10.1 Å². The molecule has 27 heavy (non-hydrogen) atoms. The number of amidine groups is 2. The first-order valence-corrected chi connectivity index (χ1v) is 9.45. The molecular weight excluding hydrogens is 358 g/mol. The molecule has 0 fully saturated rings. The molecule has 7 heteroatoms. The number of aromatic nitrogens is 1. The molecule has 1 amide bonds. The number of nitrogens with one attached hydrogen (secondary N) is 1. The molecule has 0 radical (unpaired) electrons. The van der Waals surface area contributed by atoms with Crippen LogP contribution in [0.5, 0.6) is 0 Å². The van der Waals surface area contributed by atoms with Gasteiger partial charge in [0.15, 0.2) is 11.0 Å². The van der Waals surface area contributed by atoms with Crippen molar-refractivity contribution >= 4 is 40.3 Å². The van der Waals surface area contributed by atoms with Gasteiger partial charge in [-0.05, 0) is 68.3 Å². The maximum atomic E-state index is 12.4. The van der Waals surface area contributed by atoms with E-state index in [1.807, 2.05) is 19.9 Å². The fraction of sp³-hybridized carbons (Fsp3) is 0.200. The van der Waals surface area contributed by atoms with Gasteiger partial charge in [-0.3, -0.25) is 10.2 Å². The molecule has 0 atom stereocenters. The van der Waals surface area contributed by atoms with Crippen LogP contribution in [0.3, 0.4) is 0 Å². The molecule has 2 aliphatic heterocycles. The molecule has 2 aliphatic rings. The number of hydrogen-bond donors (Lipinski definition) is 1. The number of carbonyl (C=O) groups is 1. The van der Waals surface area contributed by atoms with Crippen molar-refractivity contribution in [1.82, 2.24) is 9.58 Å². The Kier molecular flexibility index (Phi) is 4.11. The Hall–Kier alpha value is -2.93. The van der Waals surface area contributed by atoms with E-state index in [0.717, 1.165) is 22.6 Å². The largest absolute Gasteiger partial charge is 0.317 e. The topological polar surface area (TPSA) is 73.8 Å². The molecule has 0 saturated carbocycles. The van der Waals surface area contributed by atoms with Gasteiger partial charge in [0.2, 0.25) is 0 Å². The summed E-state index contributed by atoms with van der Waals surface area (Å²) in [4.78, 5) is 16.5. The summed E-state index contributed by atoms with van der Waals surface area (Å²) in [5.74, 6) is -0.343. The second-order valence-electron chi connectivity index (χ2n) is 6.66. The predicted octanol–water partition coefficient (Wildman–Crippen LogP) is 3.96. The Bertz CT molecular complexity index is 1070. The van der Waals surface area contributed by atoms with Gasteiger partial charge < -0.3 is 4.57 Å². The summed E-state index contributed by atoms with van der Waals surface area (Å²) in [6.07, 6.45) is 1.75. The molecule has 1 aromatic carbocycles. The fourth-order valence-corrected chi connectivity index (χ4v) is 4.14. The highest BCUT2D eigenvalue weighted by Crippen LogP contribution is 2.29. The van der Waals surface area contributed by atoms with Gasteiger partial charge in [-0.25, -0.2) is 0 Å². The second-order valence-corrected chi connectivity index (χ2v) is 7.47. The smallest absolute Gasteiger partial charge is 0.283 e. The highest BCUT2D eigenvalue weighted by Gasteiger charge is 2.32. The summed E-state index contributed by atoms with van der Waals surface area (Å²) in [5, 5.41) is 14.3. The van der Waals surface area contributed by atoms with E-state index in [9.17, 15) is 4.79 Å². The fourth-order valence-electron chi connectivity index (χ4n) is 3.53. The van der Waals surface area contributed by atoms with Crippen molar-refractivity contribution in [2.75, 3.05) is 0 Å². The van der Waals surface area contributed by atoms with Gasteiger partial charge in [0.1, 0.15) is 0 Å². The van der Waals surface area contributed by atoms with E-state index in [1.165, 1.54) is 27.9 Å². The van der Waals surface area contributed by atoms with Gasteiger partial charge >= 0.3 is 0 Å². The number of hydrogen-bond acceptors (Lipinski definition) is 4. The van der Waals surface area contributed by atoms with Gasteiger partial charge in [-0.15, -0.1) is 0 Å². The van der Waals surface area contributed by atoms with E-state index < -0.39 is 5.91 Å². The van der Waals surface area contributed by atoms with Crippen molar-refractivity contribution in [3.05, 3.63) is 57.9 Å². The molecule has 0 spiro atoms. The third-order valence-electron chi connectivity index (χ3n) is 4.83. The molecule has 0 unspecified atom stereocenters. The molecule has 136 valence electrons. The standard InChI is InChI=1S/C20H19N5OS/c1-11-6-5-7-12(2)17(11)24-13(3)8-15(14(24)4)9-16-18(21)25-20(23-19(16)26)27-10-22-25/h5-10,21H,1-4H3. The Morgan fingerprint density at radius 1 is 1.15 bits per heavy atom.